The Labute approximate surface area is 161 Å². The predicted octanol–water partition coefficient (Wildman–Crippen LogP) is 6.85. The number of rotatable bonds is 2. The zero-order valence-corrected chi connectivity index (χ0v) is 16.2. The predicted molar refractivity (Wildman–Crippen MR) is 116 cm³/mol. The highest BCUT2D eigenvalue weighted by Crippen LogP contribution is 2.39. The molecule has 1 saturated carbocycles. The highest BCUT2D eigenvalue weighted by atomic mass is 15.1. The maximum absolute atomic E-state index is 5.32. The van der Waals surface area contributed by atoms with Crippen molar-refractivity contribution in [3.8, 4) is 0 Å². The third-order valence-electron chi connectivity index (χ3n) is 6.39. The van der Waals surface area contributed by atoms with Gasteiger partial charge in [-0.1, -0.05) is 54.8 Å². The molecular formula is C25H28N2. The minimum atomic E-state index is 0.398. The molecular weight excluding hydrogens is 328 g/mol. The average Bonchev–Trinajstić information content (AvgIpc) is 3.03. The van der Waals surface area contributed by atoms with Crippen LogP contribution in [0.1, 0.15) is 57.9 Å². The number of hydrogen-bond donors (Lipinski definition) is 0. The third-order valence-corrected chi connectivity index (χ3v) is 6.39. The van der Waals surface area contributed by atoms with Gasteiger partial charge in [0.05, 0.1) is 12.1 Å². The highest BCUT2D eigenvalue weighted by molar-refractivity contribution is 6.08. The summed E-state index contributed by atoms with van der Waals surface area (Å²) in [5.74, 6) is 0. The van der Waals surface area contributed by atoms with E-state index in [9.17, 15) is 0 Å². The molecule has 0 unspecified atom stereocenters. The summed E-state index contributed by atoms with van der Waals surface area (Å²) in [6.07, 6.45) is 11.0. The van der Waals surface area contributed by atoms with Gasteiger partial charge >= 0.3 is 0 Å². The lowest BCUT2D eigenvalue weighted by Gasteiger charge is -2.32. The molecule has 1 heterocycles. The van der Waals surface area contributed by atoms with Crippen LogP contribution in [0.3, 0.4) is 0 Å². The lowest BCUT2D eigenvalue weighted by Crippen LogP contribution is -2.27. The van der Waals surface area contributed by atoms with Gasteiger partial charge < -0.3 is 4.57 Å². The van der Waals surface area contributed by atoms with Crippen LogP contribution in [-0.2, 0) is 0 Å². The molecule has 0 amide bonds. The van der Waals surface area contributed by atoms with Crippen LogP contribution in [-0.4, -0.2) is 16.3 Å². The molecule has 0 aliphatic heterocycles. The monoisotopic (exact) mass is 356 g/mol. The van der Waals surface area contributed by atoms with Crippen molar-refractivity contribution in [1.29, 1.82) is 0 Å². The van der Waals surface area contributed by atoms with E-state index in [-0.39, 0.29) is 0 Å². The first kappa shape index (κ1) is 16.8. The fourth-order valence-corrected chi connectivity index (χ4v) is 5.15. The molecule has 2 nitrogen and oxygen atoms in total. The molecule has 27 heavy (non-hydrogen) atoms. The van der Waals surface area contributed by atoms with Gasteiger partial charge in [0.15, 0.2) is 0 Å². The van der Waals surface area contributed by atoms with Gasteiger partial charge in [-0.3, -0.25) is 4.99 Å². The lowest BCUT2D eigenvalue weighted by molar-refractivity contribution is 0.319. The number of para-hydroxylation sites is 2. The Bertz CT molecular complexity index is 984. The van der Waals surface area contributed by atoms with Gasteiger partial charge in [-0.2, -0.15) is 0 Å². The van der Waals surface area contributed by atoms with E-state index in [1.807, 2.05) is 0 Å². The zero-order valence-electron chi connectivity index (χ0n) is 16.2. The number of aromatic nitrogens is 1. The number of fused-ring (bicyclic) bond motifs is 3. The van der Waals surface area contributed by atoms with Gasteiger partial charge in [-0.15, -0.1) is 0 Å². The first-order valence-electron chi connectivity index (χ1n) is 10.5. The van der Waals surface area contributed by atoms with Crippen LogP contribution in [0.4, 0.5) is 0 Å². The summed E-state index contributed by atoms with van der Waals surface area (Å²) in [5.41, 5.74) is 5.55. The molecule has 1 fully saturated rings. The van der Waals surface area contributed by atoms with Crippen molar-refractivity contribution in [2.45, 2.75) is 64.0 Å². The van der Waals surface area contributed by atoms with Crippen molar-refractivity contribution in [3.63, 3.8) is 0 Å². The van der Waals surface area contributed by atoms with E-state index < -0.39 is 0 Å². The van der Waals surface area contributed by atoms with Crippen LogP contribution >= 0.6 is 0 Å². The number of benzene rings is 2. The molecule has 3 aromatic rings. The van der Waals surface area contributed by atoms with Crippen molar-refractivity contribution >= 4 is 27.5 Å². The summed E-state index contributed by atoms with van der Waals surface area (Å²) < 4.78 is 2.61. The SMILES string of the molecule is CC1=CC(=N[C@@H]2CCCC[C@H]2n2c3ccccc3c3ccccc32)CCC1. The van der Waals surface area contributed by atoms with Crippen molar-refractivity contribution in [3.05, 3.63) is 60.2 Å². The minimum Gasteiger partial charge on any atom is -0.335 e. The maximum Gasteiger partial charge on any atom is 0.0710 e. The second-order valence-corrected chi connectivity index (χ2v) is 8.29. The number of allylic oxidation sites excluding steroid dienone is 2. The maximum atomic E-state index is 5.32. The topological polar surface area (TPSA) is 17.3 Å². The number of hydrogen-bond acceptors (Lipinski definition) is 1. The van der Waals surface area contributed by atoms with Crippen LogP contribution in [0.25, 0.3) is 21.8 Å². The largest absolute Gasteiger partial charge is 0.335 e. The summed E-state index contributed by atoms with van der Waals surface area (Å²) in [7, 11) is 0. The summed E-state index contributed by atoms with van der Waals surface area (Å²) >= 11 is 0. The molecule has 2 aromatic carbocycles. The standard InChI is InChI=1S/C25H28N2/c1-18-9-8-10-19(17-18)26-22-13-4-7-16-25(22)27-23-14-5-2-11-20(23)21-12-3-6-15-24(21)27/h2-3,5-6,11-12,14-15,17,22,25H,4,7-10,13,16H2,1H3/t22-,25-/m1/s1. The second-order valence-electron chi connectivity index (χ2n) is 8.29. The van der Waals surface area contributed by atoms with Crippen molar-refractivity contribution in [2.75, 3.05) is 0 Å². The van der Waals surface area contributed by atoms with Gasteiger partial charge in [0.1, 0.15) is 0 Å². The molecule has 0 radical (unpaired) electrons. The van der Waals surface area contributed by atoms with Gasteiger partial charge in [-0.05, 0) is 57.2 Å². The third kappa shape index (κ3) is 3.01. The molecule has 0 bridgehead atoms. The fraction of sp³-hybridized carbons (Fsp3) is 0.400. The van der Waals surface area contributed by atoms with Crippen LogP contribution in [0, 0.1) is 0 Å². The Morgan fingerprint density at radius 3 is 2.19 bits per heavy atom. The van der Waals surface area contributed by atoms with Crippen LogP contribution in [0.15, 0.2) is 65.2 Å². The number of nitrogens with zero attached hydrogens (tertiary/aromatic N) is 2. The fourth-order valence-electron chi connectivity index (χ4n) is 5.15. The van der Waals surface area contributed by atoms with E-state index in [0.717, 1.165) is 6.42 Å². The minimum absolute atomic E-state index is 0.398. The molecule has 2 heteroatoms. The Morgan fingerprint density at radius 2 is 1.48 bits per heavy atom. The Balaban J connectivity index is 1.65. The van der Waals surface area contributed by atoms with E-state index in [0.29, 0.717) is 12.1 Å². The van der Waals surface area contributed by atoms with E-state index >= 15 is 0 Å². The molecule has 2 aliphatic carbocycles. The summed E-state index contributed by atoms with van der Waals surface area (Å²) in [6.45, 7) is 2.25. The van der Waals surface area contributed by atoms with Crippen LogP contribution in [0.5, 0.6) is 0 Å². The Hall–Kier alpha value is -2.35. The van der Waals surface area contributed by atoms with E-state index in [4.69, 9.17) is 4.99 Å². The van der Waals surface area contributed by atoms with Crippen molar-refractivity contribution < 1.29 is 0 Å². The Kier molecular flexibility index (Phi) is 4.35. The molecule has 2 aliphatic rings. The molecule has 1 aromatic heterocycles. The second kappa shape index (κ2) is 6.99. The normalized spacial score (nSPS) is 25.2. The molecule has 0 N–H and O–H groups in total. The first-order valence-corrected chi connectivity index (χ1v) is 10.5. The zero-order chi connectivity index (χ0) is 18.2. The van der Waals surface area contributed by atoms with E-state index in [1.54, 1.807) is 0 Å². The van der Waals surface area contributed by atoms with Gasteiger partial charge in [-0.25, -0.2) is 0 Å². The quantitative estimate of drug-likeness (QED) is 0.478. The number of aliphatic imine (C=N–C) groups is 1. The lowest BCUT2D eigenvalue weighted by atomic mass is 9.89. The van der Waals surface area contributed by atoms with E-state index in [2.05, 4.69) is 66.1 Å². The summed E-state index contributed by atoms with van der Waals surface area (Å²) in [5, 5.41) is 2.75. The molecule has 138 valence electrons. The highest BCUT2D eigenvalue weighted by Gasteiger charge is 2.29. The smallest absolute Gasteiger partial charge is 0.0710 e. The van der Waals surface area contributed by atoms with Crippen molar-refractivity contribution in [2.24, 2.45) is 4.99 Å². The molecule has 0 spiro atoms. The van der Waals surface area contributed by atoms with Crippen molar-refractivity contribution in [1.82, 2.24) is 4.57 Å². The van der Waals surface area contributed by atoms with Crippen LogP contribution in [0.2, 0.25) is 0 Å². The molecule has 0 saturated heterocycles. The Morgan fingerprint density at radius 1 is 0.815 bits per heavy atom. The van der Waals surface area contributed by atoms with Gasteiger partial charge in [0.25, 0.3) is 0 Å². The van der Waals surface area contributed by atoms with Gasteiger partial charge in [0.2, 0.25) is 0 Å². The first-order chi connectivity index (χ1) is 13.3. The molecule has 5 rings (SSSR count). The van der Waals surface area contributed by atoms with Gasteiger partial charge in [0, 0.05) is 27.5 Å². The van der Waals surface area contributed by atoms with Crippen LogP contribution < -0.4 is 0 Å². The summed E-state index contributed by atoms with van der Waals surface area (Å²) in [6, 6.07) is 18.7. The average molecular weight is 357 g/mol. The molecule has 2 atom stereocenters. The summed E-state index contributed by atoms with van der Waals surface area (Å²) in [4.78, 5) is 5.32. The van der Waals surface area contributed by atoms with E-state index in [1.165, 1.54) is 71.6 Å².